The van der Waals surface area contributed by atoms with Gasteiger partial charge in [-0.3, -0.25) is 4.98 Å². The highest BCUT2D eigenvalue weighted by Crippen LogP contribution is 2.27. The van der Waals surface area contributed by atoms with Gasteiger partial charge in [0.1, 0.15) is 11.3 Å². The molecule has 1 saturated heterocycles. The minimum Gasteiger partial charge on any atom is -0.508 e. The Hall–Kier alpha value is -3.32. The number of ether oxygens (including phenoxy) is 1. The fourth-order valence-corrected chi connectivity index (χ4v) is 3.90. The first-order chi connectivity index (χ1) is 14.8. The van der Waals surface area contributed by atoms with E-state index in [0.29, 0.717) is 18.2 Å². The van der Waals surface area contributed by atoms with Gasteiger partial charge in [-0.2, -0.15) is 0 Å². The van der Waals surface area contributed by atoms with Gasteiger partial charge in [0.15, 0.2) is 11.5 Å². The maximum atomic E-state index is 9.47. The van der Waals surface area contributed by atoms with Crippen molar-refractivity contribution in [3.63, 3.8) is 0 Å². The van der Waals surface area contributed by atoms with Crippen molar-refractivity contribution < 1.29 is 9.84 Å². The van der Waals surface area contributed by atoms with Crippen molar-refractivity contribution in [2.45, 2.75) is 31.7 Å². The minimum atomic E-state index is 0.261. The largest absolute Gasteiger partial charge is 0.508 e. The lowest BCUT2D eigenvalue weighted by molar-refractivity contribution is 0.187. The van der Waals surface area contributed by atoms with E-state index in [1.54, 1.807) is 24.5 Å². The number of nitrogens with zero attached hydrogens (tertiary/aromatic N) is 5. The molecule has 7 heteroatoms. The van der Waals surface area contributed by atoms with Gasteiger partial charge < -0.3 is 14.4 Å². The predicted octanol–water partition coefficient (Wildman–Crippen LogP) is 3.73. The van der Waals surface area contributed by atoms with Crippen LogP contribution in [0.1, 0.15) is 30.1 Å². The Bertz CT molecular complexity index is 1140. The number of phenols is 1. The van der Waals surface area contributed by atoms with Crippen LogP contribution in [0.2, 0.25) is 0 Å². The van der Waals surface area contributed by atoms with Gasteiger partial charge in [-0.25, -0.2) is 15.0 Å². The number of aromatic nitrogens is 5. The molecule has 1 N–H and O–H groups in total. The van der Waals surface area contributed by atoms with E-state index < -0.39 is 0 Å². The van der Waals surface area contributed by atoms with Crippen LogP contribution in [0.25, 0.3) is 22.6 Å². The number of imidazole rings is 1. The van der Waals surface area contributed by atoms with Crippen molar-refractivity contribution in [1.82, 2.24) is 24.5 Å². The number of hydrogen-bond donors (Lipinski definition) is 1. The molecular weight excluding hydrogens is 378 g/mol. The minimum absolute atomic E-state index is 0.261. The summed E-state index contributed by atoms with van der Waals surface area (Å²) in [6.45, 7) is 1.46. The molecule has 1 aromatic carbocycles. The summed E-state index contributed by atoms with van der Waals surface area (Å²) in [6, 6.07) is 11.5. The van der Waals surface area contributed by atoms with Crippen LogP contribution in [0.15, 0.2) is 55.1 Å². The van der Waals surface area contributed by atoms with Crippen LogP contribution in [-0.4, -0.2) is 42.8 Å². The van der Waals surface area contributed by atoms with Gasteiger partial charge in [0.05, 0.1) is 24.7 Å². The van der Waals surface area contributed by atoms with Crippen LogP contribution < -0.4 is 0 Å². The third kappa shape index (κ3) is 3.76. The number of aromatic hydroxyl groups is 1. The number of hydrogen-bond acceptors (Lipinski definition) is 6. The molecule has 7 nitrogen and oxygen atoms in total. The number of rotatable bonds is 6. The molecule has 1 aliphatic heterocycles. The number of benzene rings is 1. The molecule has 1 aliphatic rings. The summed E-state index contributed by atoms with van der Waals surface area (Å²) in [5.74, 6) is 0.967. The first-order valence-electron chi connectivity index (χ1n) is 10.3. The first kappa shape index (κ1) is 18.7. The third-order valence-corrected chi connectivity index (χ3v) is 5.53. The maximum absolute atomic E-state index is 9.47. The summed E-state index contributed by atoms with van der Waals surface area (Å²) in [4.78, 5) is 18.6. The Morgan fingerprint density at radius 3 is 2.77 bits per heavy atom. The van der Waals surface area contributed by atoms with E-state index in [1.807, 2.05) is 30.6 Å². The molecule has 0 radical (unpaired) electrons. The zero-order chi connectivity index (χ0) is 20.3. The topological polar surface area (TPSA) is 86.0 Å². The highest BCUT2D eigenvalue weighted by molar-refractivity contribution is 5.76. The second-order valence-electron chi connectivity index (χ2n) is 7.60. The van der Waals surface area contributed by atoms with Gasteiger partial charge in [0.2, 0.25) is 0 Å². The first-order valence-corrected chi connectivity index (χ1v) is 10.3. The second kappa shape index (κ2) is 8.20. The fraction of sp³-hybridized carbons (Fsp3) is 0.304. The molecule has 1 fully saturated rings. The molecule has 152 valence electrons. The second-order valence-corrected chi connectivity index (χ2v) is 7.60. The van der Waals surface area contributed by atoms with Gasteiger partial charge in [-0.1, -0.05) is 12.1 Å². The van der Waals surface area contributed by atoms with Crippen LogP contribution in [0.4, 0.5) is 0 Å². The molecule has 4 heterocycles. The molecule has 1 atom stereocenters. The maximum Gasteiger partial charge on any atom is 0.164 e. The van der Waals surface area contributed by atoms with Crippen molar-refractivity contribution in [3.05, 3.63) is 66.4 Å². The molecule has 0 spiro atoms. The van der Waals surface area contributed by atoms with Crippen LogP contribution in [0, 0.1) is 0 Å². The predicted molar refractivity (Wildman–Crippen MR) is 113 cm³/mol. The summed E-state index contributed by atoms with van der Waals surface area (Å²) < 4.78 is 7.71. The highest BCUT2D eigenvalue weighted by atomic mass is 16.5. The summed E-state index contributed by atoms with van der Waals surface area (Å²) in [5, 5.41) is 9.47. The van der Waals surface area contributed by atoms with Crippen LogP contribution in [0.3, 0.4) is 0 Å². The molecule has 30 heavy (non-hydrogen) atoms. The van der Waals surface area contributed by atoms with E-state index in [2.05, 4.69) is 14.5 Å². The van der Waals surface area contributed by atoms with Crippen molar-refractivity contribution in [2.24, 2.45) is 0 Å². The summed E-state index contributed by atoms with van der Waals surface area (Å²) in [7, 11) is 0. The SMILES string of the molecule is Oc1ccc(CCCc2nc(-c3cccnc3)nc3c2ncn3[C@@H]2CCOC2)cc1. The zero-order valence-electron chi connectivity index (χ0n) is 16.6. The standard InChI is InChI=1S/C23H23N5O2/c29-19-8-6-16(7-9-19)3-1-5-20-21-23(28(15-25-21)18-10-12-30-14-18)27-22(26-20)17-4-2-11-24-13-17/h2,4,6-9,11,13,15,18,29H,1,3,5,10,12,14H2/t18-/m1/s1. The summed E-state index contributed by atoms with van der Waals surface area (Å²) in [6.07, 6.45) is 9.02. The fourth-order valence-electron chi connectivity index (χ4n) is 3.90. The van der Waals surface area contributed by atoms with E-state index in [-0.39, 0.29) is 6.04 Å². The van der Waals surface area contributed by atoms with E-state index in [1.165, 1.54) is 5.56 Å². The molecule has 5 rings (SSSR count). The number of aryl methyl sites for hydroxylation is 2. The third-order valence-electron chi connectivity index (χ3n) is 5.53. The van der Waals surface area contributed by atoms with Gasteiger partial charge in [-0.05, 0) is 55.5 Å². The van der Waals surface area contributed by atoms with E-state index >= 15 is 0 Å². The summed E-state index contributed by atoms with van der Waals surface area (Å²) >= 11 is 0. The van der Waals surface area contributed by atoms with Gasteiger partial charge in [0.25, 0.3) is 0 Å². The van der Waals surface area contributed by atoms with Gasteiger partial charge in [-0.15, -0.1) is 0 Å². The molecular formula is C23H23N5O2. The number of phenolic OH excluding ortho intramolecular Hbond substituents is 1. The molecule has 0 unspecified atom stereocenters. The van der Waals surface area contributed by atoms with Crippen molar-refractivity contribution in [1.29, 1.82) is 0 Å². The normalized spacial score (nSPS) is 16.3. The number of pyridine rings is 1. The average Bonchev–Trinajstić information content (AvgIpc) is 3.45. The van der Waals surface area contributed by atoms with Crippen LogP contribution in [-0.2, 0) is 17.6 Å². The van der Waals surface area contributed by atoms with E-state index in [9.17, 15) is 5.11 Å². The number of fused-ring (bicyclic) bond motifs is 1. The van der Waals surface area contributed by atoms with Crippen molar-refractivity contribution in [3.8, 4) is 17.1 Å². The Morgan fingerprint density at radius 1 is 1.10 bits per heavy atom. The summed E-state index contributed by atoms with van der Waals surface area (Å²) in [5.41, 5.74) is 4.77. The zero-order valence-corrected chi connectivity index (χ0v) is 16.6. The molecule has 0 bridgehead atoms. The van der Waals surface area contributed by atoms with E-state index in [0.717, 1.165) is 54.7 Å². The molecule has 0 aliphatic carbocycles. The lowest BCUT2D eigenvalue weighted by Crippen LogP contribution is -2.09. The highest BCUT2D eigenvalue weighted by Gasteiger charge is 2.22. The van der Waals surface area contributed by atoms with E-state index in [4.69, 9.17) is 14.7 Å². The lowest BCUT2D eigenvalue weighted by Gasteiger charge is -2.12. The Labute approximate surface area is 174 Å². The van der Waals surface area contributed by atoms with Crippen molar-refractivity contribution >= 4 is 11.2 Å². The Morgan fingerprint density at radius 2 is 2.00 bits per heavy atom. The van der Waals surface area contributed by atoms with Gasteiger partial charge in [0, 0.05) is 24.6 Å². The monoisotopic (exact) mass is 401 g/mol. The average molecular weight is 401 g/mol. The molecule has 0 amide bonds. The van der Waals surface area contributed by atoms with Crippen LogP contribution >= 0.6 is 0 Å². The smallest absolute Gasteiger partial charge is 0.164 e. The Balaban J connectivity index is 1.48. The molecule has 3 aromatic heterocycles. The quantitative estimate of drug-likeness (QED) is 0.530. The molecule has 0 saturated carbocycles. The van der Waals surface area contributed by atoms with Crippen LogP contribution in [0.5, 0.6) is 5.75 Å². The Kier molecular flexibility index (Phi) is 5.11. The lowest BCUT2D eigenvalue weighted by atomic mass is 10.1. The molecule has 4 aromatic rings. The van der Waals surface area contributed by atoms with Crippen molar-refractivity contribution in [2.75, 3.05) is 13.2 Å². The van der Waals surface area contributed by atoms with Gasteiger partial charge >= 0.3 is 0 Å².